The molecule has 0 bridgehead atoms. The van der Waals surface area contributed by atoms with Crippen LogP contribution in [0.1, 0.15) is 12.5 Å². The number of ether oxygens (including phenoxy) is 5. The number of nitrogens with two attached hydrogens (primary N) is 2. The number of aliphatic hydroxyl groups excluding tert-OH is 1. The second-order valence-electron chi connectivity index (χ2n) is 9.92. The van der Waals surface area contributed by atoms with Crippen LogP contribution in [0.2, 0.25) is 0 Å². The van der Waals surface area contributed by atoms with E-state index in [9.17, 15) is 14.5 Å². The Labute approximate surface area is 248 Å². The predicted octanol–water partition coefficient (Wildman–Crippen LogP) is -0.985. The van der Waals surface area contributed by atoms with Gasteiger partial charge in [0.1, 0.15) is 49.0 Å². The Balaban J connectivity index is 1.15. The first-order valence-electron chi connectivity index (χ1n) is 13.2. The third-order valence-electron chi connectivity index (χ3n) is 7.41. The van der Waals surface area contributed by atoms with Crippen LogP contribution in [0.4, 0.5) is 11.8 Å². The third kappa shape index (κ3) is 5.29. The molecule has 0 radical (unpaired) electrons. The van der Waals surface area contributed by atoms with Gasteiger partial charge in [0.15, 0.2) is 41.2 Å². The number of imidazole rings is 2. The fourth-order valence-corrected chi connectivity index (χ4v) is 6.22. The average molecular weight is 638 g/mol. The van der Waals surface area contributed by atoms with Gasteiger partial charge in [0.25, 0.3) is 5.56 Å². The van der Waals surface area contributed by atoms with Crippen molar-refractivity contribution in [1.82, 2.24) is 39.0 Å². The van der Waals surface area contributed by atoms with E-state index in [0.717, 1.165) is 0 Å². The van der Waals surface area contributed by atoms with Crippen molar-refractivity contribution in [3.8, 4) is 0 Å². The molecule has 2 aliphatic heterocycles. The van der Waals surface area contributed by atoms with Crippen molar-refractivity contribution in [1.29, 1.82) is 0 Å². The molecule has 6 rings (SSSR count). The minimum absolute atomic E-state index is 0.0140. The van der Waals surface area contributed by atoms with Gasteiger partial charge in [0.2, 0.25) is 5.95 Å². The summed E-state index contributed by atoms with van der Waals surface area (Å²) in [7, 11) is 1.56. The van der Waals surface area contributed by atoms with Gasteiger partial charge in [0.05, 0.1) is 19.3 Å². The zero-order valence-corrected chi connectivity index (χ0v) is 24.5. The molecule has 0 amide bonds. The monoisotopic (exact) mass is 637 g/mol. The number of fused-ring (bicyclic) bond motifs is 2. The Morgan fingerprint density at radius 2 is 1.61 bits per heavy atom. The van der Waals surface area contributed by atoms with Crippen LogP contribution >= 0.6 is 8.25 Å². The topological polar surface area (TPSA) is 261 Å². The van der Waals surface area contributed by atoms with Crippen molar-refractivity contribution in [2.24, 2.45) is 0 Å². The second kappa shape index (κ2) is 12.3. The number of anilines is 2. The highest BCUT2D eigenvalue weighted by Crippen LogP contribution is 2.41. The molecule has 2 fully saturated rings. The number of methoxy groups -OCH3 is 3. The number of aromatic amines is 1. The number of nitrogens with zero attached hydrogens (tertiary/aromatic N) is 7. The molecule has 2 saturated heterocycles. The quantitative estimate of drug-likeness (QED) is 0.144. The highest BCUT2D eigenvalue weighted by atomic mass is 31.1. The molecular formula is C23H30N10O10P+. The van der Waals surface area contributed by atoms with Crippen molar-refractivity contribution >= 4 is 42.3 Å². The van der Waals surface area contributed by atoms with Crippen molar-refractivity contribution in [3.63, 3.8) is 0 Å². The molecule has 0 spiro atoms. The summed E-state index contributed by atoms with van der Waals surface area (Å²) >= 11 is 0. The molecule has 44 heavy (non-hydrogen) atoms. The summed E-state index contributed by atoms with van der Waals surface area (Å²) in [6.45, 7) is -0.239. The van der Waals surface area contributed by atoms with Gasteiger partial charge >= 0.3 is 8.25 Å². The summed E-state index contributed by atoms with van der Waals surface area (Å²) in [4.78, 5) is 35.2. The lowest BCUT2D eigenvalue weighted by Crippen LogP contribution is -2.37. The van der Waals surface area contributed by atoms with E-state index in [1.807, 2.05) is 0 Å². The summed E-state index contributed by atoms with van der Waals surface area (Å²) in [6, 6.07) is 0. The van der Waals surface area contributed by atoms with Crippen LogP contribution in [0.3, 0.4) is 0 Å². The minimum Gasteiger partial charge on any atom is -0.385 e. The smallest absolute Gasteiger partial charge is 0.385 e. The first-order valence-corrected chi connectivity index (χ1v) is 14.3. The van der Waals surface area contributed by atoms with E-state index in [0.29, 0.717) is 11.2 Å². The van der Waals surface area contributed by atoms with E-state index in [2.05, 4.69) is 29.9 Å². The predicted molar refractivity (Wildman–Crippen MR) is 148 cm³/mol. The summed E-state index contributed by atoms with van der Waals surface area (Å²) in [6.07, 6.45) is -3.28. The van der Waals surface area contributed by atoms with Gasteiger partial charge in [0, 0.05) is 25.9 Å². The Bertz CT molecular complexity index is 1720. The normalized spacial score (nSPS) is 29.2. The van der Waals surface area contributed by atoms with Crippen LogP contribution in [0.25, 0.3) is 22.3 Å². The second-order valence-corrected chi connectivity index (χ2v) is 10.8. The standard InChI is InChI=1S/C23H29N10O10P/c1-37-4-9-14(13(34)21(41-9)32-7-28-11-17(24)26-6-27-18(11)32)43-44(36)40-5-10-15(38-2)16(39-3)22(42-10)33-8-29-12-19(33)30-23(25)31-20(12)35/h6-10,13-16,21-22,34H,4-5H2,1-3H3,(H4-,24,25,26,27,30,31,35)/p+1/t9-,10-,13-,14-,15-,16-,21-,22-/m1/s1. The molecule has 4 aromatic heterocycles. The maximum Gasteiger partial charge on any atom is 0.697 e. The molecule has 20 nitrogen and oxygen atoms in total. The van der Waals surface area contributed by atoms with Crippen molar-refractivity contribution in [2.75, 3.05) is 46.0 Å². The van der Waals surface area contributed by atoms with Crippen molar-refractivity contribution < 1.29 is 42.4 Å². The largest absolute Gasteiger partial charge is 0.697 e. The van der Waals surface area contributed by atoms with Crippen LogP contribution in [-0.2, 0) is 37.3 Å². The van der Waals surface area contributed by atoms with E-state index in [4.69, 9.17) is 44.2 Å². The van der Waals surface area contributed by atoms with E-state index in [1.54, 1.807) is 0 Å². The summed E-state index contributed by atoms with van der Waals surface area (Å²) in [5.74, 6) is 0.0648. The van der Waals surface area contributed by atoms with Crippen LogP contribution in [0, 0.1) is 0 Å². The van der Waals surface area contributed by atoms with Gasteiger partial charge in [-0.25, -0.2) is 19.9 Å². The number of hydrogen-bond donors (Lipinski definition) is 4. The summed E-state index contributed by atoms with van der Waals surface area (Å²) in [5.41, 5.74) is 12.0. The van der Waals surface area contributed by atoms with E-state index < -0.39 is 62.9 Å². The molecule has 4 aromatic rings. The number of rotatable bonds is 11. The molecule has 2 aliphatic rings. The van der Waals surface area contributed by atoms with E-state index in [1.165, 1.54) is 49.4 Å². The molecule has 0 aromatic carbocycles. The van der Waals surface area contributed by atoms with Gasteiger partial charge in [-0.2, -0.15) is 4.98 Å². The number of nitrogen functional groups attached to an aromatic ring is 2. The van der Waals surface area contributed by atoms with Crippen molar-refractivity contribution in [3.05, 3.63) is 29.3 Å². The fraction of sp³-hybridized carbons (Fsp3) is 0.565. The molecule has 6 heterocycles. The average Bonchev–Trinajstić information content (AvgIpc) is 3.76. The Morgan fingerprint density at radius 3 is 2.34 bits per heavy atom. The minimum atomic E-state index is -2.81. The van der Waals surface area contributed by atoms with Gasteiger partial charge in [-0.1, -0.05) is 0 Å². The maximum atomic E-state index is 13.0. The summed E-state index contributed by atoms with van der Waals surface area (Å²) in [5, 5.41) is 11.2. The molecule has 1 unspecified atom stereocenters. The Morgan fingerprint density at radius 1 is 0.932 bits per heavy atom. The van der Waals surface area contributed by atoms with Crippen LogP contribution in [0.15, 0.2) is 23.8 Å². The maximum absolute atomic E-state index is 13.0. The van der Waals surface area contributed by atoms with Crippen molar-refractivity contribution in [2.45, 2.75) is 49.1 Å². The Hall–Kier alpha value is -3.72. The van der Waals surface area contributed by atoms with E-state index >= 15 is 0 Å². The lowest BCUT2D eigenvalue weighted by molar-refractivity contribution is -0.0601. The van der Waals surface area contributed by atoms with Crippen LogP contribution in [0.5, 0.6) is 0 Å². The molecule has 236 valence electrons. The SMILES string of the molecule is COC[C@H]1O[C@@H](n2cnc3c(N)ncnc32)[C@H](O)[C@@H]1O[P+](=O)OC[C@H]1O[C@@H](n2cnc3c(=O)[nH]c(N)nc32)[C@H](OC)[C@@H]1OC. The van der Waals surface area contributed by atoms with Gasteiger partial charge in [-0.05, 0) is 0 Å². The van der Waals surface area contributed by atoms with Crippen LogP contribution < -0.4 is 17.0 Å². The first-order chi connectivity index (χ1) is 21.2. The lowest BCUT2D eigenvalue weighted by Gasteiger charge is -2.21. The lowest BCUT2D eigenvalue weighted by atomic mass is 10.1. The number of hydrogen-bond acceptors (Lipinski definition) is 17. The van der Waals surface area contributed by atoms with Gasteiger partial charge < -0.3 is 40.3 Å². The zero-order valence-electron chi connectivity index (χ0n) is 23.6. The van der Waals surface area contributed by atoms with E-state index in [-0.39, 0.29) is 36.1 Å². The highest BCUT2D eigenvalue weighted by molar-refractivity contribution is 7.33. The summed E-state index contributed by atoms with van der Waals surface area (Å²) < 4.78 is 55.9. The molecule has 9 atom stereocenters. The van der Waals surface area contributed by atoms with Gasteiger partial charge in [-0.3, -0.25) is 18.9 Å². The number of nitrogens with one attached hydrogen (secondary N) is 1. The highest BCUT2D eigenvalue weighted by Gasteiger charge is 2.52. The van der Waals surface area contributed by atoms with Crippen LogP contribution in [-0.4, -0.2) is 115 Å². The zero-order chi connectivity index (χ0) is 31.1. The van der Waals surface area contributed by atoms with Gasteiger partial charge in [-0.15, -0.1) is 9.05 Å². The third-order valence-corrected chi connectivity index (χ3v) is 8.18. The first kappa shape index (κ1) is 30.3. The molecular weight excluding hydrogens is 607 g/mol. The molecule has 0 saturated carbocycles. The number of aromatic nitrogens is 8. The molecule has 21 heteroatoms. The fourth-order valence-electron chi connectivity index (χ4n) is 5.43. The number of H-pyrrole nitrogens is 1. The molecule has 6 N–H and O–H groups in total. The molecule has 0 aliphatic carbocycles. The Kier molecular flexibility index (Phi) is 8.51. The number of aliphatic hydroxyl groups is 1.